The van der Waals surface area contributed by atoms with Crippen LogP contribution in [-0.4, -0.2) is 20.1 Å². The summed E-state index contributed by atoms with van der Waals surface area (Å²) >= 11 is 1.60. The van der Waals surface area contributed by atoms with Gasteiger partial charge in [-0.1, -0.05) is 6.07 Å². The molecule has 0 atom stereocenters. The summed E-state index contributed by atoms with van der Waals surface area (Å²) in [6.45, 7) is 0. The Labute approximate surface area is 119 Å². The molecular formula is C12H13N5O2S. The number of nitrogens with two attached hydrogens (primary N) is 1. The van der Waals surface area contributed by atoms with Crippen LogP contribution >= 0.6 is 11.3 Å². The number of rotatable bonds is 1. The first kappa shape index (κ1) is 15.3. The topological polar surface area (TPSA) is 111 Å². The van der Waals surface area contributed by atoms with Gasteiger partial charge < -0.3 is 5.73 Å². The lowest BCUT2D eigenvalue weighted by molar-refractivity contribution is -0.384. The molecule has 8 heteroatoms. The van der Waals surface area contributed by atoms with Crippen LogP contribution in [0, 0.1) is 10.1 Å². The molecule has 2 aromatic heterocycles. The Hall–Kier alpha value is -2.74. The Bertz CT molecular complexity index is 523. The molecule has 0 saturated carbocycles. The zero-order valence-corrected chi connectivity index (χ0v) is 11.2. The van der Waals surface area contributed by atoms with Crippen molar-refractivity contribution < 1.29 is 4.92 Å². The number of aromatic nitrogens is 3. The Morgan fingerprint density at radius 3 is 2.45 bits per heavy atom. The minimum Gasteiger partial charge on any atom is -0.399 e. The highest BCUT2D eigenvalue weighted by Crippen LogP contribution is 2.13. The zero-order chi connectivity index (χ0) is 14.6. The normalized spacial score (nSPS) is 8.60. The molecule has 0 aliphatic carbocycles. The minimum absolute atomic E-state index is 0.0278. The van der Waals surface area contributed by atoms with Gasteiger partial charge in [0.05, 0.1) is 10.4 Å². The maximum atomic E-state index is 10.1. The van der Waals surface area contributed by atoms with Gasteiger partial charge in [-0.05, 0) is 12.1 Å². The van der Waals surface area contributed by atoms with Crippen molar-refractivity contribution in [3.8, 4) is 0 Å². The number of nitrogens with zero attached hydrogens (tertiary/aromatic N) is 3. The molecule has 0 unspecified atom stereocenters. The zero-order valence-electron chi connectivity index (χ0n) is 10.4. The number of thiazole rings is 1. The van der Waals surface area contributed by atoms with Crippen LogP contribution < -0.4 is 5.73 Å². The number of nitro benzene ring substituents is 1. The van der Waals surface area contributed by atoms with Gasteiger partial charge in [0.25, 0.3) is 5.69 Å². The van der Waals surface area contributed by atoms with Gasteiger partial charge in [0.15, 0.2) is 0 Å². The average Bonchev–Trinajstić information content (AvgIpc) is 3.17. The van der Waals surface area contributed by atoms with Crippen LogP contribution in [0.5, 0.6) is 0 Å². The lowest BCUT2D eigenvalue weighted by atomic mass is 10.3. The minimum atomic E-state index is -0.476. The van der Waals surface area contributed by atoms with Crippen LogP contribution in [0.2, 0.25) is 0 Å². The van der Waals surface area contributed by atoms with Crippen LogP contribution in [0.15, 0.2) is 59.8 Å². The monoisotopic (exact) mass is 291 g/mol. The fraction of sp³-hybridized carbons (Fsp3) is 0. The number of hydrogen-bond donors (Lipinski definition) is 2. The third-order valence-corrected chi connectivity index (χ3v) is 2.36. The van der Waals surface area contributed by atoms with Crippen molar-refractivity contribution >= 4 is 22.7 Å². The van der Waals surface area contributed by atoms with Gasteiger partial charge in [0.1, 0.15) is 0 Å². The second kappa shape index (κ2) is 9.22. The smallest absolute Gasteiger partial charge is 0.271 e. The number of hydrogen-bond acceptors (Lipinski definition) is 6. The van der Waals surface area contributed by atoms with Crippen LogP contribution in [0.1, 0.15) is 0 Å². The molecule has 0 aliphatic heterocycles. The van der Waals surface area contributed by atoms with E-state index in [4.69, 9.17) is 5.73 Å². The largest absolute Gasteiger partial charge is 0.399 e. The van der Waals surface area contributed by atoms with Crippen molar-refractivity contribution in [3.05, 3.63) is 69.9 Å². The molecule has 20 heavy (non-hydrogen) atoms. The van der Waals surface area contributed by atoms with E-state index in [1.165, 1.54) is 12.1 Å². The highest BCUT2D eigenvalue weighted by molar-refractivity contribution is 7.07. The average molecular weight is 291 g/mol. The third kappa shape index (κ3) is 6.87. The van der Waals surface area contributed by atoms with Crippen molar-refractivity contribution in [2.45, 2.75) is 0 Å². The number of non-ortho nitro benzene ring substituents is 1. The van der Waals surface area contributed by atoms with Crippen LogP contribution in [0.3, 0.4) is 0 Å². The predicted octanol–water partition coefficient (Wildman–Crippen LogP) is 2.73. The highest BCUT2D eigenvalue weighted by atomic mass is 32.1. The standard InChI is InChI=1S/C6H6N2O2.C3H4N2.C3H3NS/c7-5-2-1-3-6(4-5)8(9)10;1-2-4-5-3-1;1-2-5-3-4-1/h1-4H,7H2;1-3H,(H,4,5);1-3H. The third-order valence-electron chi connectivity index (χ3n) is 1.83. The number of nitrogen functional groups attached to an aromatic ring is 1. The van der Waals surface area contributed by atoms with E-state index in [0.29, 0.717) is 5.69 Å². The molecule has 0 bridgehead atoms. The Morgan fingerprint density at radius 2 is 2.15 bits per heavy atom. The molecule has 0 saturated heterocycles. The lowest BCUT2D eigenvalue weighted by Gasteiger charge is -1.90. The molecule has 3 aromatic rings. The van der Waals surface area contributed by atoms with Gasteiger partial charge in [0.2, 0.25) is 0 Å². The fourth-order valence-corrected chi connectivity index (χ4v) is 1.38. The van der Waals surface area contributed by atoms with Gasteiger partial charge in [-0.2, -0.15) is 5.10 Å². The van der Waals surface area contributed by atoms with Crippen LogP contribution in [-0.2, 0) is 0 Å². The SMILES string of the molecule is Nc1cccc([N+](=O)[O-])c1.c1cn[nH]c1.c1cscn1. The number of benzene rings is 1. The summed E-state index contributed by atoms with van der Waals surface area (Å²) in [5.41, 5.74) is 7.52. The van der Waals surface area contributed by atoms with Gasteiger partial charge in [-0.25, -0.2) is 0 Å². The van der Waals surface area contributed by atoms with Gasteiger partial charge >= 0.3 is 0 Å². The van der Waals surface area contributed by atoms with Gasteiger partial charge in [-0.15, -0.1) is 11.3 Å². The van der Waals surface area contributed by atoms with Crippen molar-refractivity contribution in [3.63, 3.8) is 0 Å². The van der Waals surface area contributed by atoms with Gasteiger partial charge in [-0.3, -0.25) is 20.2 Å². The van der Waals surface area contributed by atoms with E-state index in [1.54, 1.807) is 47.6 Å². The van der Waals surface area contributed by atoms with E-state index in [1.807, 2.05) is 11.4 Å². The molecule has 0 radical (unpaired) electrons. The molecular weight excluding hydrogens is 278 g/mol. The molecule has 0 amide bonds. The molecule has 0 aliphatic rings. The summed E-state index contributed by atoms with van der Waals surface area (Å²) in [6.07, 6.45) is 5.23. The quantitative estimate of drug-likeness (QED) is 0.407. The Morgan fingerprint density at radius 1 is 1.30 bits per heavy atom. The summed E-state index contributed by atoms with van der Waals surface area (Å²) in [6, 6.07) is 7.71. The molecule has 104 valence electrons. The molecule has 1 aromatic carbocycles. The second-order valence-corrected chi connectivity index (χ2v) is 4.05. The van der Waals surface area contributed by atoms with Crippen molar-refractivity contribution in [1.82, 2.24) is 15.2 Å². The van der Waals surface area contributed by atoms with Crippen LogP contribution in [0.4, 0.5) is 11.4 Å². The molecule has 0 spiro atoms. The maximum absolute atomic E-state index is 10.1. The first-order valence-electron chi connectivity index (χ1n) is 5.46. The molecule has 2 heterocycles. The summed E-state index contributed by atoms with van der Waals surface area (Å²) in [4.78, 5) is 13.4. The van der Waals surface area contributed by atoms with E-state index in [9.17, 15) is 10.1 Å². The second-order valence-electron chi connectivity index (χ2n) is 3.29. The van der Waals surface area contributed by atoms with E-state index >= 15 is 0 Å². The van der Waals surface area contributed by atoms with Crippen LogP contribution in [0.25, 0.3) is 0 Å². The van der Waals surface area contributed by atoms with E-state index < -0.39 is 4.92 Å². The predicted molar refractivity (Wildman–Crippen MR) is 78.2 cm³/mol. The Balaban J connectivity index is 0.000000167. The summed E-state index contributed by atoms with van der Waals surface area (Å²) in [7, 11) is 0. The Kier molecular flexibility index (Phi) is 7.07. The van der Waals surface area contributed by atoms with Crippen molar-refractivity contribution in [2.24, 2.45) is 0 Å². The van der Waals surface area contributed by atoms with Crippen molar-refractivity contribution in [2.75, 3.05) is 5.73 Å². The first-order valence-corrected chi connectivity index (χ1v) is 6.40. The van der Waals surface area contributed by atoms with E-state index in [-0.39, 0.29) is 5.69 Å². The number of anilines is 1. The molecule has 0 fully saturated rings. The highest BCUT2D eigenvalue weighted by Gasteiger charge is 2.02. The summed E-state index contributed by atoms with van der Waals surface area (Å²) in [5, 5.41) is 18.2. The fourth-order valence-electron chi connectivity index (χ4n) is 1.03. The van der Waals surface area contributed by atoms with E-state index in [0.717, 1.165) is 0 Å². The number of H-pyrrole nitrogens is 1. The molecule has 7 nitrogen and oxygen atoms in total. The molecule has 3 N–H and O–H groups in total. The number of aromatic amines is 1. The van der Waals surface area contributed by atoms with E-state index in [2.05, 4.69) is 15.2 Å². The maximum Gasteiger partial charge on any atom is 0.271 e. The number of nitrogens with one attached hydrogen (secondary N) is 1. The summed E-state index contributed by atoms with van der Waals surface area (Å²) in [5.74, 6) is 0. The number of nitro groups is 1. The first-order chi connectivity index (χ1) is 9.70. The lowest BCUT2D eigenvalue weighted by Crippen LogP contribution is -1.89. The molecule has 3 rings (SSSR count). The van der Waals surface area contributed by atoms with Gasteiger partial charge in [0, 0.05) is 41.8 Å². The summed E-state index contributed by atoms with van der Waals surface area (Å²) < 4.78 is 0. The van der Waals surface area contributed by atoms with Crippen molar-refractivity contribution in [1.29, 1.82) is 0 Å².